The van der Waals surface area contributed by atoms with Gasteiger partial charge >= 0.3 is 5.97 Å². The van der Waals surface area contributed by atoms with Crippen LogP contribution in [0.2, 0.25) is 0 Å². The molecule has 1 saturated heterocycles. The molecule has 1 aliphatic rings. The molecule has 3 amide bonds. The zero-order chi connectivity index (χ0) is 25.5. The van der Waals surface area contributed by atoms with Crippen LogP contribution in [0.4, 0.5) is 0 Å². The van der Waals surface area contributed by atoms with Crippen molar-refractivity contribution in [3.63, 3.8) is 0 Å². The van der Waals surface area contributed by atoms with Crippen molar-refractivity contribution in [2.75, 3.05) is 13.2 Å². The largest absolute Gasteiger partial charge is 0.481 e. The number of amides is 3. The average Bonchev–Trinajstić information content (AvgIpc) is 2.70. The van der Waals surface area contributed by atoms with Crippen molar-refractivity contribution >= 4 is 23.7 Å². The summed E-state index contributed by atoms with van der Waals surface area (Å²) in [6, 6.07) is -3.53. The molecule has 15 nitrogen and oxygen atoms in total. The van der Waals surface area contributed by atoms with Gasteiger partial charge in [-0.05, 0) is 20.3 Å². The van der Waals surface area contributed by atoms with E-state index in [1.54, 1.807) is 0 Å². The third-order valence-corrected chi connectivity index (χ3v) is 5.09. The van der Waals surface area contributed by atoms with Crippen molar-refractivity contribution in [1.29, 1.82) is 0 Å². The van der Waals surface area contributed by atoms with E-state index in [1.165, 1.54) is 20.8 Å². The predicted octanol–water partition coefficient (Wildman–Crippen LogP) is -4.59. The number of nitrogens with one attached hydrogen (secondary N) is 1. The van der Waals surface area contributed by atoms with E-state index in [0.717, 1.165) is 4.90 Å². The van der Waals surface area contributed by atoms with Crippen LogP contribution in [0.25, 0.3) is 0 Å². The van der Waals surface area contributed by atoms with Gasteiger partial charge < -0.3 is 57.1 Å². The molecule has 8 atom stereocenters. The lowest BCUT2D eigenvalue weighted by atomic mass is 9.96. The van der Waals surface area contributed by atoms with E-state index in [2.05, 4.69) is 5.32 Å². The first-order valence-electron chi connectivity index (χ1n) is 10.4. The van der Waals surface area contributed by atoms with E-state index in [4.69, 9.17) is 26.0 Å². The molecule has 1 rings (SSSR count). The molecule has 0 aromatic carbocycles. The van der Waals surface area contributed by atoms with Gasteiger partial charge in [0, 0.05) is 19.9 Å². The second kappa shape index (κ2) is 14.1. The molecule has 1 heterocycles. The van der Waals surface area contributed by atoms with Gasteiger partial charge in [-0.25, -0.2) is 0 Å². The van der Waals surface area contributed by atoms with Crippen LogP contribution in [0.3, 0.4) is 0 Å². The number of carboxylic acids is 1. The van der Waals surface area contributed by atoms with Crippen LogP contribution in [0, 0.1) is 0 Å². The van der Waals surface area contributed by atoms with Gasteiger partial charge in [-0.2, -0.15) is 0 Å². The number of hydrogen-bond donors (Lipinski definition) is 7. The normalized spacial score (nSPS) is 27.0. The number of carbonyl (C=O) groups excluding carboxylic acids is 3. The van der Waals surface area contributed by atoms with Gasteiger partial charge in [0.15, 0.2) is 6.29 Å². The molecule has 15 heteroatoms. The molecule has 11 N–H and O–H groups in total. The molecule has 1 aliphatic heterocycles. The summed E-state index contributed by atoms with van der Waals surface area (Å²) in [7, 11) is 0. The summed E-state index contributed by atoms with van der Waals surface area (Å²) in [5, 5.41) is 41.5. The van der Waals surface area contributed by atoms with Crippen molar-refractivity contribution in [3.8, 4) is 0 Å². The maximum absolute atomic E-state index is 12.7. The van der Waals surface area contributed by atoms with Crippen molar-refractivity contribution < 1.29 is 54.6 Å². The van der Waals surface area contributed by atoms with Crippen molar-refractivity contribution in [2.24, 2.45) is 11.5 Å². The molecule has 1 unspecified atom stereocenters. The van der Waals surface area contributed by atoms with Crippen LogP contribution < -0.4 is 16.8 Å². The van der Waals surface area contributed by atoms with Gasteiger partial charge in [-0.1, -0.05) is 0 Å². The predicted molar refractivity (Wildman–Crippen MR) is 115 cm³/mol. The summed E-state index contributed by atoms with van der Waals surface area (Å²) in [5.41, 5.74) is 11.1. The molecule has 0 aliphatic carbocycles. The van der Waals surface area contributed by atoms with Crippen molar-refractivity contribution in [3.05, 3.63) is 0 Å². The minimum absolute atomic E-state index is 0. The lowest BCUT2D eigenvalue weighted by molar-refractivity contribution is -0.268. The van der Waals surface area contributed by atoms with E-state index in [9.17, 15) is 34.5 Å². The highest BCUT2D eigenvalue weighted by Gasteiger charge is 2.46. The summed E-state index contributed by atoms with van der Waals surface area (Å²) in [6.07, 6.45) is -7.15. The SMILES string of the molecule is CC(=O)N[C@@H]1[C@@H](OC(C)CN(C(=O)[C@H](C)N)[C@H](CCC(=O)O)C(N)=O)[C@H](O)[C@@H](CO)O[C@@H]1O.O. The number of carboxylic acid groups (broad SMARTS) is 1. The zero-order valence-corrected chi connectivity index (χ0v) is 19.3. The minimum atomic E-state index is -1.61. The molecule has 0 saturated carbocycles. The van der Waals surface area contributed by atoms with Crippen molar-refractivity contribution in [1.82, 2.24) is 10.2 Å². The van der Waals surface area contributed by atoms with Gasteiger partial charge in [0.05, 0.1) is 18.8 Å². The monoisotopic (exact) mass is 496 g/mol. The van der Waals surface area contributed by atoms with Crippen molar-refractivity contribution in [2.45, 2.75) is 82.4 Å². The molecule has 34 heavy (non-hydrogen) atoms. The fourth-order valence-corrected chi connectivity index (χ4v) is 3.57. The Morgan fingerprint density at radius 3 is 2.24 bits per heavy atom. The topological polar surface area (TPSA) is 266 Å². The molecule has 0 spiro atoms. The first-order valence-corrected chi connectivity index (χ1v) is 10.4. The smallest absolute Gasteiger partial charge is 0.303 e. The van der Waals surface area contributed by atoms with Gasteiger partial charge in [0.1, 0.15) is 30.4 Å². The highest BCUT2D eigenvalue weighted by molar-refractivity contribution is 5.89. The Labute approximate surface area is 196 Å². The Hall–Kier alpha value is -2.40. The quantitative estimate of drug-likeness (QED) is 0.135. The standard InChI is InChI=1S/C19H34N4O10.H2O/c1-8(6-23(18(30)9(2)20)11(17(21)29)4-5-13(26)27)32-16-14(22-10(3)25)19(31)33-12(7-24)15(16)28;/h8-9,11-12,14-16,19,24,28,31H,4-7,20H2,1-3H3,(H2,21,29)(H,22,25)(H,26,27);1H2/t8?,9-,11+,12+,14+,15+,16+,19-;/m0./s1. The lowest BCUT2D eigenvalue weighted by Crippen LogP contribution is -2.65. The number of carbonyl (C=O) groups is 4. The first kappa shape index (κ1) is 31.6. The Bertz CT molecular complexity index is 708. The van der Waals surface area contributed by atoms with Gasteiger partial charge in [-0.15, -0.1) is 0 Å². The number of aliphatic hydroxyl groups excluding tert-OH is 3. The zero-order valence-electron chi connectivity index (χ0n) is 19.3. The number of hydrogen-bond acceptors (Lipinski definition) is 10. The Morgan fingerprint density at radius 2 is 1.79 bits per heavy atom. The van der Waals surface area contributed by atoms with Gasteiger partial charge in [0.2, 0.25) is 17.7 Å². The summed E-state index contributed by atoms with van der Waals surface area (Å²) >= 11 is 0. The summed E-state index contributed by atoms with van der Waals surface area (Å²) in [6.45, 7) is 3.13. The summed E-state index contributed by atoms with van der Waals surface area (Å²) in [4.78, 5) is 48.2. The molecule has 1 fully saturated rings. The number of rotatable bonds is 12. The molecular weight excluding hydrogens is 460 g/mol. The first-order chi connectivity index (χ1) is 15.3. The summed E-state index contributed by atoms with van der Waals surface area (Å²) < 4.78 is 10.9. The number of aliphatic carboxylic acids is 1. The van der Waals surface area contributed by atoms with Crippen LogP contribution in [-0.2, 0) is 28.7 Å². The third kappa shape index (κ3) is 8.75. The second-order valence-electron chi connectivity index (χ2n) is 8.01. The number of aliphatic hydroxyl groups is 3. The molecule has 0 aromatic rings. The highest BCUT2D eigenvalue weighted by Crippen LogP contribution is 2.24. The molecule has 198 valence electrons. The average molecular weight is 497 g/mol. The van der Waals surface area contributed by atoms with Crippen LogP contribution >= 0.6 is 0 Å². The number of nitrogens with two attached hydrogens (primary N) is 2. The fraction of sp³-hybridized carbons (Fsp3) is 0.789. The van der Waals surface area contributed by atoms with E-state index in [1.807, 2.05) is 0 Å². The number of ether oxygens (including phenoxy) is 2. The van der Waals surface area contributed by atoms with Crippen LogP contribution in [0.1, 0.15) is 33.6 Å². The third-order valence-electron chi connectivity index (χ3n) is 5.09. The van der Waals surface area contributed by atoms with Crippen LogP contribution in [0.15, 0.2) is 0 Å². The molecule has 0 bridgehead atoms. The Morgan fingerprint density at radius 1 is 1.21 bits per heavy atom. The van der Waals surface area contributed by atoms with E-state index >= 15 is 0 Å². The van der Waals surface area contributed by atoms with Gasteiger partial charge in [-0.3, -0.25) is 19.2 Å². The molecule has 0 aromatic heterocycles. The Kier molecular flexibility index (Phi) is 13.1. The van der Waals surface area contributed by atoms with E-state index < -0.39 is 85.5 Å². The van der Waals surface area contributed by atoms with Gasteiger partial charge in [0.25, 0.3) is 0 Å². The minimum Gasteiger partial charge on any atom is -0.481 e. The second-order valence-corrected chi connectivity index (χ2v) is 8.01. The molecule has 0 radical (unpaired) electrons. The van der Waals surface area contributed by atoms with Crippen LogP contribution in [0.5, 0.6) is 0 Å². The number of nitrogens with zero attached hydrogens (tertiary/aromatic N) is 1. The van der Waals surface area contributed by atoms with E-state index in [0.29, 0.717) is 0 Å². The maximum Gasteiger partial charge on any atom is 0.303 e. The number of primary amides is 1. The highest BCUT2D eigenvalue weighted by atomic mass is 16.6. The van der Waals surface area contributed by atoms with Crippen LogP contribution in [-0.4, -0.2) is 116 Å². The molecular formula is C19H36N4O11. The maximum atomic E-state index is 12.7. The Balaban J connectivity index is 0.0000109. The fourth-order valence-electron chi connectivity index (χ4n) is 3.57. The lowest BCUT2D eigenvalue weighted by Gasteiger charge is -2.44. The summed E-state index contributed by atoms with van der Waals surface area (Å²) in [5.74, 6) is -3.35. The van der Waals surface area contributed by atoms with E-state index in [-0.39, 0.29) is 18.4 Å².